The number of aromatic nitrogens is 1. The molecule has 0 atom stereocenters. The summed E-state index contributed by atoms with van der Waals surface area (Å²) in [6.45, 7) is 0.571. The Kier molecular flexibility index (Phi) is 6.40. The van der Waals surface area contributed by atoms with Gasteiger partial charge in [0.2, 0.25) is 5.89 Å². The molecule has 4 rings (SSSR count). The van der Waals surface area contributed by atoms with Gasteiger partial charge in [0.15, 0.2) is 5.58 Å². The average molecular weight is 475 g/mol. The van der Waals surface area contributed by atoms with E-state index in [0.717, 1.165) is 6.07 Å². The zero-order valence-electron chi connectivity index (χ0n) is 17.1. The van der Waals surface area contributed by atoms with E-state index < -0.39 is 17.7 Å². The third kappa shape index (κ3) is 5.18. The van der Waals surface area contributed by atoms with Gasteiger partial charge >= 0.3 is 12.1 Å². The van der Waals surface area contributed by atoms with E-state index in [1.54, 1.807) is 42.5 Å². The highest BCUT2D eigenvalue weighted by atomic mass is 35.5. The van der Waals surface area contributed by atoms with Gasteiger partial charge < -0.3 is 14.8 Å². The average Bonchev–Trinajstić information content (AvgIpc) is 3.19. The Morgan fingerprint density at radius 2 is 1.82 bits per heavy atom. The molecule has 0 saturated carbocycles. The fourth-order valence-corrected chi connectivity index (χ4v) is 3.67. The minimum atomic E-state index is -4.56. The molecule has 0 saturated heterocycles. The number of halogens is 4. The number of benzene rings is 3. The van der Waals surface area contributed by atoms with Gasteiger partial charge in [-0.15, -0.1) is 0 Å². The van der Waals surface area contributed by atoms with Gasteiger partial charge in [0.1, 0.15) is 5.52 Å². The summed E-state index contributed by atoms with van der Waals surface area (Å²) in [6, 6.07) is 15.5. The Labute approximate surface area is 191 Å². The van der Waals surface area contributed by atoms with E-state index in [1.165, 1.54) is 12.1 Å². The maximum atomic E-state index is 13.8. The Morgan fingerprint density at radius 1 is 1.06 bits per heavy atom. The molecule has 5 nitrogen and oxygen atoms in total. The molecule has 0 spiro atoms. The molecular formula is C24H18ClF3N2O3. The van der Waals surface area contributed by atoms with Gasteiger partial charge in [-0.1, -0.05) is 48.0 Å². The van der Waals surface area contributed by atoms with Crippen LogP contribution < -0.4 is 5.32 Å². The minimum absolute atomic E-state index is 0.0349. The Morgan fingerprint density at radius 3 is 2.52 bits per heavy atom. The lowest BCUT2D eigenvalue weighted by Crippen LogP contribution is -2.17. The van der Waals surface area contributed by atoms with Crippen LogP contribution in [-0.2, 0) is 17.5 Å². The van der Waals surface area contributed by atoms with Crippen molar-refractivity contribution in [3.63, 3.8) is 0 Å². The first-order chi connectivity index (χ1) is 15.7. The number of fused-ring (bicyclic) bond motifs is 1. The van der Waals surface area contributed by atoms with Crippen LogP contribution in [0.15, 0.2) is 65.1 Å². The normalized spacial score (nSPS) is 11.8. The van der Waals surface area contributed by atoms with Crippen molar-refractivity contribution in [3.8, 4) is 22.6 Å². The third-order valence-corrected chi connectivity index (χ3v) is 5.40. The largest absolute Gasteiger partial charge is 0.481 e. The predicted octanol–water partition coefficient (Wildman–Crippen LogP) is 6.40. The quantitative estimate of drug-likeness (QED) is 0.303. The van der Waals surface area contributed by atoms with E-state index >= 15 is 0 Å². The Hall–Kier alpha value is -3.36. The molecule has 33 heavy (non-hydrogen) atoms. The molecule has 0 unspecified atom stereocenters. The van der Waals surface area contributed by atoms with Crippen LogP contribution in [0.2, 0.25) is 5.02 Å². The van der Waals surface area contributed by atoms with Crippen molar-refractivity contribution in [1.29, 1.82) is 0 Å². The van der Waals surface area contributed by atoms with Gasteiger partial charge in [-0.3, -0.25) is 4.79 Å². The highest BCUT2D eigenvalue weighted by Crippen LogP contribution is 2.40. The molecule has 2 N–H and O–H groups in total. The number of rotatable bonds is 7. The van der Waals surface area contributed by atoms with Crippen LogP contribution in [-0.4, -0.2) is 22.6 Å². The van der Waals surface area contributed by atoms with Crippen LogP contribution in [0.25, 0.3) is 33.7 Å². The topological polar surface area (TPSA) is 75.4 Å². The summed E-state index contributed by atoms with van der Waals surface area (Å²) in [5.41, 5.74) is 1.37. The van der Waals surface area contributed by atoms with Crippen LogP contribution in [0.5, 0.6) is 0 Å². The standard InChI is InChI=1S/C24H18ClF3N2O3/c25-19-12-20-21(11-16(19)13-29-9-8-22(31)32)33-23(30-20)15-6-7-17(14-4-2-1-3-5-14)18(10-15)24(26,27)28/h1-7,10-12,29H,8-9,13H2,(H,31,32). The molecule has 1 aromatic heterocycles. The number of carboxylic acids is 1. The van der Waals surface area contributed by atoms with Crippen molar-refractivity contribution < 1.29 is 27.5 Å². The fourth-order valence-electron chi connectivity index (χ4n) is 3.45. The molecule has 0 aliphatic carbocycles. The van der Waals surface area contributed by atoms with Gasteiger partial charge in [-0.2, -0.15) is 13.2 Å². The van der Waals surface area contributed by atoms with E-state index in [1.807, 2.05) is 0 Å². The van der Waals surface area contributed by atoms with Gasteiger partial charge in [0, 0.05) is 23.7 Å². The molecular weight excluding hydrogens is 457 g/mol. The predicted molar refractivity (Wildman–Crippen MR) is 119 cm³/mol. The first-order valence-electron chi connectivity index (χ1n) is 10.0. The summed E-state index contributed by atoms with van der Waals surface area (Å²) in [5.74, 6) is -0.873. The molecule has 0 aliphatic heterocycles. The minimum Gasteiger partial charge on any atom is -0.481 e. The van der Waals surface area contributed by atoms with Crippen molar-refractivity contribution in [2.45, 2.75) is 19.1 Å². The molecule has 170 valence electrons. The summed E-state index contributed by atoms with van der Waals surface area (Å²) >= 11 is 6.29. The first-order valence-corrected chi connectivity index (χ1v) is 10.4. The summed E-state index contributed by atoms with van der Waals surface area (Å²) < 4.78 is 47.2. The summed E-state index contributed by atoms with van der Waals surface area (Å²) in [7, 11) is 0. The number of hydrogen-bond donors (Lipinski definition) is 2. The molecule has 1 heterocycles. The molecule has 0 amide bonds. The lowest BCUT2D eigenvalue weighted by atomic mass is 9.97. The van der Waals surface area contributed by atoms with Crippen LogP contribution in [0.3, 0.4) is 0 Å². The highest BCUT2D eigenvalue weighted by Gasteiger charge is 2.34. The van der Waals surface area contributed by atoms with Gasteiger partial charge in [-0.05, 0) is 41.0 Å². The number of alkyl halides is 3. The molecule has 0 bridgehead atoms. The number of aliphatic carboxylic acids is 1. The van der Waals surface area contributed by atoms with E-state index in [2.05, 4.69) is 10.3 Å². The number of hydrogen-bond acceptors (Lipinski definition) is 4. The number of oxazole rings is 1. The van der Waals surface area contributed by atoms with Crippen LogP contribution in [0, 0.1) is 0 Å². The molecule has 0 aliphatic rings. The van der Waals surface area contributed by atoms with Crippen LogP contribution in [0.4, 0.5) is 13.2 Å². The smallest absolute Gasteiger partial charge is 0.417 e. The zero-order chi connectivity index (χ0) is 23.6. The van der Waals surface area contributed by atoms with Crippen molar-refractivity contribution in [3.05, 3.63) is 76.8 Å². The van der Waals surface area contributed by atoms with Gasteiger partial charge in [-0.25, -0.2) is 4.98 Å². The fraction of sp³-hybridized carbons (Fsp3) is 0.167. The molecule has 9 heteroatoms. The lowest BCUT2D eigenvalue weighted by Gasteiger charge is -2.14. The second-order valence-electron chi connectivity index (χ2n) is 7.38. The van der Waals surface area contributed by atoms with Gasteiger partial charge in [0.25, 0.3) is 0 Å². The second kappa shape index (κ2) is 9.25. The van der Waals surface area contributed by atoms with Crippen molar-refractivity contribution in [2.24, 2.45) is 0 Å². The van der Waals surface area contributed by atoms with E-state index in [0.29, 0.717) is 33.8 Å². The Bertz CT molecular complexity index is 1300. The molecule has 3 aromatic carbocycles. The van der Waals surface area contributed by atoms with E-state index in [9.17, 15) is 18.0 Å². The molecule has 4 aromatic rings. The monoisotopic (exact) mass is 474 g/mol. The first kappa shape index (κ1) is 22.8. The van der Waals surface area contributed by atoms with Crippen molar-refractivity contribution >= 4 is 28.7 Å². The van der Waals surface area contributed by atoms with Crippen molar-refractivity contribution in [1.82, 2.24) is 10.3 Å². The summed E-state index contributed by atoms with van der Waals surface area (Å²) in [5, 5.41) is 12.1. The second-order valence-corrected chi connectivity index (χ2v) is 7.78. The highest BCUT2D eigenvalue weighted by molar-refractivity contribution is 6.32. The number of carbonyl (C=O) groups is 1. The van der Waals surface area contributed by atoms with E-state index in [4.69, 9.17) is 21.1 Å². The molecule has 0 radical (unpaired) electrons. The maximum Gasteiger partial charge on any atom is 0.417 e. The maximum absolute atomic E-state index is 13.8. The van der Waals surface area contributed by atoms with Crippen LogP contribution in [0.1, 0.15) is 17.5 Å². The third-order valence-electron chi connectivity index (χ3n) is 5.04. The number of carboxylic acid groups (broad SMARTS) is 1. The van der Waals surface area contributed by atoms with Gasteiger partial charge in [0.05, 0.1) is 12.0 Å². The SMILES string of the molecule is O=C(O)CCNCc1cc2oc(-c3ccc(-c4ccccc4)c(C(F)(F)F)c3)nc2cc1Cl. The Balaban J connectivity index is 1.68. The zero-order valence-corrected chi connectivity index (χ0v) is 17.9. The van der Waals surface area contributed by atoms with Crippen LogP contribution >= 0.6 is 11.6 Å². The summed E-state index contributed by atoms with van der Waals surface area (Å²) in [6.07, 6.45) is -4.60. The van der Waals surface area contributed by atoms with Crippen molar-refractivity contribution in [2.75, 3.05) is 6.54 Å². The molecule has 0 fully saturated rings. The number of nitrogens with one attached hydrogen (secondary N) is 1. The lowest BCUT2D eigenvalue weighted by molar-refractivity contribution is -0.137. The van der Waals surface area contributed by atoms with E-state index in [-0.39, 0.29) is 30.0 Å². The number of nitrogens with zero attached hydrogens (tertiary/aromatic N) is 1. The summed E-state index contributed by atoms with van der Waals surface area (Å²) in [4.78, 5) is 14.9.